The van der Waals surface area contributed by atoms with Gasteiger partial charge in [0.25, 0.3) is 0 Å². The van der Waals surface area contributed by atoms with Gasteiger partial charge in [-0.25, -0.2) is 0 Å². The van der Waals surface area contributed by atoms with E-state index in [1.165, 1.54) is 0 Å². The number of amides is 1. The van der Waals surface area contributed by atoms with Gasteiger partial charge in [-0.15, -0.1) is 0 Å². The molecule has 0 unspecified atom stereocenters. The van der Waals surface area contributed by atoms with Crippen LogP contribution in [0.2, 0.25) is 0 Å². The van der Waals surface area contributed by atoms with Gasteiger partial charge < -0.3 is 9.84 Å². The van der Waals surface area contributed by atoms with Crippen LogP contribution in [-0.2, 0) is 9.59 Å². The number of anilines is 1. The normalized spacial score (nSPS) is 34.5. The SMILES string of the molecule is Cc1cc(NC(=O)[C@@]23CC[C@](C)(C(=O)C2)C3(C)C)no1. The molecule has 0 radical (unpaired) electrons. The van der Waals surface area contributed by atoms with Gasteiger partial charge in [0.2, 0.25) is 5.91 Å². The molecule has 5 nitrogen and oxygen atoms in total. The molecule has 0 aliphatic heterocycles. The van der Waals surface area contributed by atoms with Crippen LogP contribution in [0.3, 0.4) is 0 Å². The lowest BCUT2D eigenvalue weighted by Gasteiger charge is -2.38. The third-order valence-electron chi connectivity index (χ3n) is 6.01. The second kappa shape index (κ2) is 3.71. The third-order valence-corrected chi connectivity index (χ3v) is 6.01. The number of carbonyl (C=O) groups is 2. The molecule has 0 aromatic carbocycles. The number of nitrogens with one attached hydrogen (secondary N) is 1. The van der Waals surface area contributed by atoms with Gasteiger partial charge in [-0.2, -0.15) is 0 Å². The predicted molar refractivity (Wildman–Crippen MR) is 73.0 cm³/mol. The number of Topliss-reactive ketones (excluding diaryl/α,β-unsaturated/α-hetero) is 1. The molecule has 2 saturated carbocycles. The molecule has 0 saturated heterocycles. The summed E-state index contributed by atoms with van der Waals surface area (Å²) in [5, 5.41) is 6.62. The smallest absolute Gasteiger partial charge is 0.232 e. The highest BCUT2D eigenvalue weighted by molar-refractivity contribution is 6.04. The van der Waals surface area contributed by atoms with Gasteiger partial charge in [0.15, 0.2) is 5.82 Å². The average Bonchev–Trinajstić information content (AvgIpc) is 2.89. The van der Waals surface area contributed by atoms with Crippen molar-refractivity contribution in [1.29, 1.82) is 0 Å². The van der Waals surface area contributed by atoms with Crippen molar-refractivity contribution >= 4 is 17.5 Å². The highest BCUT2D eigenvalue weighted by atomic mass is 16.5. The first-order valence-corrected chi connectivity index (χ1v) is 7.01. The van der Waals surface area contributed by atoms with Crippen LogP contribution in [0.4, 0.5) is 5.82 Å². The molecule has 108 valence electrons. The first kappa shape index (κ1) is 13.3. The van der Waals surface area contributed by atoms with Crippen LogP contribution in [-0.4, -0.2) is 16.8 Å². The number of carbonyl (C=O) groups excluding carboxylic acids is 2. The minimum Gasteiger partial charge on any atom is -0.360 e. The Balaban J connectivity index is 1.93. The number of rotatable bonds is 2. The Morgan fingerprint density at radius 2 is 2.05 bits per heavy atom. The fraction of sp³-hybridized carbons (Fsp3) is 0.667. The summed E-state index contributed by atoms with van der Waals surface area (Å²) in [5.41, 5.74) is -1.34. The van der Waals surface area contributed by atoms with Gasteiger partial charge in [-0.05, 0) is 25.2 Å². The molecule has 0 spiro atoms. The van der Waals surface area contributed by atoms with Crippen molar-refractivity contribution in [3.8, 4) is 0 Å². The van der Waals surface area contributed by atoms with Gasteiger partial charge in [-0.3, -0.25) is 9.59 Å². The monoisotopic (exact) mass is 276 g/mol. The van der Waals surface area contributed by atoms with E-state index in [2.05, 4.69) is 10.5 Å². The molecule has 1 aromatic rings. The van der Waals surface area contributed by atoms with E-state index in [1.54, 1.807) is 13.0 Å². The van der Waals surface area contributed by atoms with Crippen LogP contribution in [0.5, 0.6) is 0 Å². The summed E-state index contributed by atoms with van der Waals surface area (Å²) < 4.78 is 4.97. The van der Waals surface area contributed by atoms with Crippen molar-refractivity contribution in [1.82, 2.24) is 5.16 Å². The molecule has 1 aromatic heterocycles. The Bertz CT molecular complexity index is 604. The topological polar surface area (TPSA) is 72.2 Å². The molecule has 2 atom stereocenters. The van der Waals surface area contributed by atoms with Gasteiger partial charge in [-0.1, -0.05) is 25.9 Å². The van der Waals surface area contributed by atoms with Crippen LogP contribution in [0.1, 0.15) is 45.8 Å². The predicted octanol–water partition coefficient (Wildman–Crippen LogP) is 2.71. The number of nitrogens with zero attached hydrogens (tertiary/aromatic N) is 1. The highest BCUT2D eigenvalue weighted by Gasteiger charge is 2.72. The molecule has 1 heterocycles. The molecule has 2 aliphatic rings. The van der Waals surface area contributed by atoms with Gasteiger partial charge in [0.05, 0.1) is 5.41 Å². The number of hydrogen-bond donors (Lipinski definition) is 1. The highest BCUT2D eigenvalue weighted by Crippen LogP contribution is 2.70. The maximum absolute atomic E-state index is 12.8. The Kier molecular flexibility index (Phi) is 2.48. The fourth-order valence-corrected chi connectivity index (χ4v) is 4.02. The van der Waals surface area contributed by atoms with Crippen molar-refractivity contribution in [2.24, 2.45) is 16.2 Å². The fourth-order valence-electron chi connectivity index (χ4n) is 4.02. The number of fused-ring (bicyclic) bond motifs is 2. The number of hydrogen-bond acceptors (Lipinski definition) is 4. The zero-order valence-electron chi connectivity index (χ0n) is 12.4. The Morgan fingerprint density at radius 3 is 2.50 bits per heavy atom. The maximum atomic E-state index is 12.8. The largest absolute Gasteiger partial charge is 0.360 e. The zero-order valence-corrected chi connectivity index (χ0v) is 12.4. The average molecular weight is 276 g/mol. The molecule has 2 bridgehead atoms. The standard InChI is InChI=1S/C15H20N2O3/c1-9-7-11(17-20-9)16-12(19)15-6-5-14(4,10(18)8-15)13(15,2)3/h7H,5-6,8H2,1-4H3,(H,16,17,19)/t14-,15-/m1/s1. The molecule has 1 amide bonds. The molecule has 2 aliphatic carbocycles. The maximum Gasteiger partial charge on any atom is 0.232 e. The Morgan fingerprint density at radius 1 is 1.35 bits per heavy atom. The van der Waals surface area contributed by atoms with Crippen molar-refractivity contribution in [2.45, 2.75) is 47.0 Å². The lowest BCUT2D eigenvalue weighted by Crippen LogP contribution is -2.43. The summed E-state index contributed by atoms with van der Waals surface area (Å²) in [6.07, 6.45) is 1.87. The molecular weight excluding hydrogens is 256 g/mol. The van der Waals surface area contributed by atoms with E-state index in [9.17, 15) is 9.59 Å². The van der Waals surface area contributed by atoms with E-state index in [1.807, 2.05) is 20.8 Å². The van der Waals surface area contributed by atoms with Crippen molar-refractivity contribution in [3.63, 3.8) is 0 Å². The summed E-state index contributed by atoms with van der Waals surface area (Å²) in [5.74, 6) is 1.17. The second-order valence-electron chi connectivity index (χ2n) is 6.92. The Labute approximate surface area is 118 Å². The van der Waals surface area contributed by atoms with Crippen LogP contribution >= 0.6 is 0 Å². The van der Waals surface area contributed by atoms with E-state index < -0.39 is 5.41 Å². The first-order valence-electron chi connectivity index (χ1n) is 7.01. The van der Waals surface area contributed by atoms with Crippen LogP contribution < -0.4 is 5.32 Å². The summed E-state index contributed by atoms with van der Waals surface area (Å²) in [7, 11) is 0. The minimum atomic E-state index is -0.619. The summed E-state index contributed by atoms with van der Waals surface area (Å²) in [6.45, 7) is 7.85. The van der Waals surface area contributed by atoms with E-state index in [4.69, 9.17) is 4.52 Å². The quantitative estimate of drug-likeness (QED) is 0.901. The molecule has 3 rings (SSSR count). The van der Waals surface area contributed by atoms with Crippen LogP contribution in [0.15, 0.2) is 10.6 Å². The third kappa shape index (κ3) is 1.35. The molecule has 2 fully saturated rings. The zero-order chi connectivity index (χ0) is 14.8. The lowest BCUT2D eigenvalue weighted by molar-refractivity contribution is -0.131. The first-order chi connectivity index (χ1) is 9.23. The molecule has 5 heteroatoms. The molecule has 20 heavy (non-hydrogen) atoms. The van der Waals surface area contributed by atoms with E-state index in [0.717, 1.165) is 12.8 Å². The van der Waals surface area contributed by atoms with Crippen LogP contribution in [0, 0.1) is 23.2 Å². The molecule has 1 N–H and O–H groups in total. The van der Waals surface area contributed by atoms with E-state index in [0.29, 0.717) is 18.0 Å². The van der Waals surface area contributed by atoms with Crippen molar-refractivity contribution in [3.05, 3.63) is 11.8 Å². The van der Waals surface area contributed by atoms with Gasteiger partial charge in [0.1, 0.15) is 11.5 Å². The Hall–Kier alpha value is -1.65. The van der Waals surface area contributed by atoms with E-state index >= 15 is 0 Å². The number of ketones is 1. The molecular formula is C15H20N2O3. The summed E-state index contributed by atoms with van der Waals surface area (Å²) in [4.78, 5) is 25.1. The van der Waals surface area contributed by atoms with Gasteiger partial charge in [0, 0.05) is 17.9 Å². The van der Waals surface area contributed by atoms with Crippen LogP contribution in [0.25, 0.3) is 0 Å². The minimum absolute atomic E-state index is 0.106. The van der Waals surface area contributed by atoms with Gasteiger partial charge >= 0.3 is 0 Å². The summed E-state index contributed by atoms with van der Waals surface area (Å²) >= 11 is 0. The number of aromatic nitrogens is 1. The van der Waals surface area contributed by atoms with Crippen molar-refractivity contribution < 1.29 is 14.1 Å². The second-order valence-corrected chi connectivity index (χ2v) is 6.92. The lowest BCUT2D eigenvalue weighted by atomic mass is 9.64. The van der Waals surface area contributed by atoms with Crippen molar-refractivity contribution in [2.75, 3.05) is 5.32 Å². The number of aryl methyl sites for hydroxylation is 1. The summed E-state index contributed by atoms with van der Waals surface area (Å²) in [6, 6.07) is 1.69. The van der Waals surface area contributed by atoms with E-state index in [-0.39, 0.29) is 22.5 Å².